The Morgan fingerprint density at radius 3 is 2.71 bits per heavy atom. The number of nitrogens with zero attached hydrogens (tertiary/aromatic N) is 4. The molecule has 140 valence electrons. The second kappa shape index (κ2) is 7.01. The second-order valence-corrected chi connectivity index (χ2v) is 6.97. The topological polar surface area (TPSA) is 93.5 Å². The Balaban J connectivity index is 1.65. The minimum absolute atomic E-state index is 0.228. The van der Waals surface area contributed by atoms with Crippen LogP contribution in [0, 0.1) is 13.8 Å². The fourth-order valence-corrected chi connectivity index (χ4v) is 3.12. The van der Waals surface area contributed by atoms with Gasteiger partial charge in [-0.05, 0) is 43.2 Å². The van der Waals surface area contributed by atoms with Gasteiger partial charge in [0.25, 0.3) is 5.56 Å². The number of aryl methyl sites for hydroxylation is 2. The van der Waals surface area contributed by atoms with Gasteiger partial charge in [-0.15, -0.1) is 0 Å². The minimum atomic E-state index is -0.300. The highest BCUT2D eigenvalue weighted by atomic mass is 35.5. The van der Waals surface area contributed by atoms with E-state index < -0.39 is 0 Å². The zero-order chi connectivity index (χ0) is 19.8. The van der Waals surface area contributed by atoms with Gasteiger partial charge in [-0.1, -0.05) is 17.7 Å². The number of carbonyl (C=O) groups is 1. The average molecular weight is 394 g/mol. The molecule has 0 fully saturated rings. The third-order valence-corrected chi connectivity index (χ3v) is 4.89. The SMILES string of the molecule is Cc1cn(-c2ccc(Cc3nc4cc(C=O)c(Cl)cc4c(=O)[nH]3)cn2)nc1C. The normalized spacial score (nSPS) is 11.1. The zero-order valence-electron chi connectivity index (χ0n) is 15.2. The molecule has 0 bridgehead atoms. The minimum Gasteiger partial charge on any atom is -0.310 e. The van der Waals surface area contributed by atoms with E-state index in [2.05, 4.69) is 20.1 Å². The summed E-state index contributed by atoms with van der Waals surface area (Å²) in [5, 5.41) is 4.99. The van der Waals surface area contributed by atoms with Gasteiger partial charge in [0.2, 0.25) is 0 Å². The van der Waals surface area contributed by atoms with Crippen molar-refractivity contribution in [3.63, 3.8) is 0 Å². The Labute approximate surface area is 165 Å². The number of carbonyl (C=O) groups excluding carboxylic acids is 1. The van der Waals surface area contributed by atoms with E-state index in [0.29, 0.717) is 40.8 Å². The van der Waals surface area contributed by atoms with Gasteiger partial charge in [0.05, 0.1) is 21.6 Å². The number of aromatic nitrogens is 5. The van der Waals surface area contributed by atoms with Crippen molar-refractivity contribution in [3.05, 3.63) is 80.2 Å². The van der Waals surface area contributed by atoms with Crippen LogP contribution in [0.2, 0.25) is 5.02 Å². The highest BCUT2D eigenvalue weighted by Crippen LogP contribution is 2.20. The Kier molecular flexibility index (Phi) is 4.52. The lowest BCUT2D eigenvalue weighted by atomic mass is 10.1. The van der Waals surface area contributed by atoms with Crippen LogP contribution >= 0.6 is 11.6 Å². The van der Waals surface area contributed by atoms with E-state index in [1.165, 1.54) is 12.1 Å². The number of rotatable bonds is 4. The number of hydrogen-bond donors (Lipinski definition) is 1. The Bertz CT molecular complexity index is 1240. The number of fused-ring (bicyclic) bond motifs is 1. The van der Waals surface area contributed by atoms with Crippen molar-refractivity contribution in [2.75, 3.05) is 0 Å². The summed E-state index contributed by atoms with van der Waals surface area (Å²) in [4.78, 5) is 35.1. The number of H-pyrrole nitrogens is 1. The van der Waals surface area contributed by atoms with E-state index in [4.69, 9.17) is 11.6 Å². The number of pyridine rings is 1. The van der Waals surface area contributed by atoms with Gasteiger partial charge in [0.1, 0.15) is 5.82 Å². The van der Waals surface area contributed by atoms with Gasteiger partial charge < -0.3 is 4.98 Å². The standard InChI is InChI=1S/C20H16ClN5O2/c1-11-9-26(25-12(11)2)19-4-3-13(8-22-19)5-18-23-17-6-14(10-27)16(21)7-15(17)20(28)24-18/h3-4,6-10H,5H2,1-2H3,(H,23,24,28). The summed E-state index contributed by atoms with van der Waals surface area (Å²) in [5.41, 5.74) is 3.37. The zero-order valence-corrected chi connectivity index (χ0v) is 16.0. The molecule has 3 heterocycles. The summed E-state index contributed by atoms with van der Waals surface area (Å²) in [5.74, 6) is 1.20. The summed E-state index contributed by atoms with van der Waals surface area (Å²) in [6.07, 6.45) is 4.69. The maximum Gasteiger partial charge on any atom is 0.258 e. The molecule has 1 N–H and O–H groups in total. The van der Waals surface area contributed by atoms with Crippen LogP contribution in [0.15, 0.2) is 41.5 Å². The number of aldehydes is 1. The van der Waals surface area contributed by atoms with E-state index in [9.17, 15) is 9.59 Å². The molecule has 0 amide bonds. The average Bonchev–Trinajstić information content (AvgIpc) is 3.01. The fourth-order valence-electron chi connectivity index (χ4n) is 2.91. The molecular weight excluding hydrogens is 378 g/mol. The number of hydrogen-bond acceptors (Lipinski definition) is 5. The molecule has 0 saturated heterocycles. The molecule has 0 saturated carbocycles. The van der Waals surface area contributed by atoms with Crippen molar-refractivity contribution >= 4 is 28.8 Å². The molecule has 8 heteroatoms. The summed E-state index contributed by atoms with van der Waals surface area (Å²) in [6, 6.07) is 6.76. The van der Waals surface area contributed by atoms with Gasteiger partial charge in [0, 0.05) is 24.4 Å². The Morgan fingerprint density at radius 1 is 1.25 bits per heavy atom. The third kappa shape index (κ3) is 3.32. The molecule has 3 aromatic heterocycles. The van der Waals surface area contributed by atoms with Crippen LogP contribution in [0.4, 0.5) is 0 Å². The lowest BCUT2D eigenvalue weighted by Gasteiger charge is -2.06. The van der Waals surface area contributed by atoms with Crippen molar-refractivity contribution in [2.24, 2.45) is 0 Å². The molecule has 7 nitrogen and oxygen atoms in total. The van der Waals surface area contributed by atoms with Gasteiger partial charge in [0.15, 0.2) is 12.1 Å². The summed E-state index contributed by atoms with van der Waals surface area (Å²) in [7, 11) is 0. The lowest BCUT2D eigenvalue weighted by molar-refractivity contribution is 0.112. The highest BCUT2D eigenvalue weighted by Gasteiger charge is 2.10. The molecule has 0 unspecified atom stereocenters. The predicted octanol–water partition coefficient (Wildman–Crippen LogP) is 3.18. The van der Waals surface area contributed by atoms with Crippen LogP contribution in [-0.2, 0) is 6.42 Å². The van der Waals surface area contributed by atoms with Crippen LogP contribution in [0.3, 0.4) is 0 Å². The van der Waals surface area contributed by atoms with Crippen LogP contribution < -0.4 is 5.56 Å². The predicted molar refractivity (Wildman–Crippen MR) is 106 cm³/mol. The molecule has 28 heavy (non-hydrogen) atoms. The number of aromatic amines is 1. The van der Waals surface area contributed by atoms with Crippen molar-refractivity contribution in [1.82, 2.24) is 24.7 Å². The first-order valence-corrected chi connectivity index (χ1v) is 8.98. The first-order valence-electron chi connectivity index (χ1n) is 8.60. The molecule has 0 aliphatic carbocycles. The Hall–Kier alpha value is -3.32. The molecule has 1 aromatic carbocycles. The van der Waals surface area contributed by atoms with Crippen molar-refractivity contribution < 1.29 is 4.79 Å². The van der Waals surface area contributed by atoms with Crippen molar-refractivity contribution in [3.8, 4) is 5.82 Å². The molecule has 0 radical (unpaired) electrons. The largest absolute Gasteiger partial charge is 0.310 e. The first-order chi connectivity index (χ1) is 13.4. The third-order valence-electron chi connectivity index (χ3n) is 4.56. The molecule has 0 aliphatic rings. The van der Waals surface area contributed by atoms with Gasteiger partial charge >= 0.3 is 0 Å². The van der Waals surface area contributed by atoms with Crippen LogP contribution in [0.5, 0.6) is 0 Å². The first kappa shape index (κ1) is 18.1. The van der Waals surface area contributed by atoms with E-state index in [1.807, 2.05) is 32.2 Å². The van der Waals surface area contributed by atoms with E-state index in [-0.39, 0.29) is 10.6 Å². The molecule has 0 aliphatic heterocycles. The smallest absolute Gasteiger partial charge is 0.258 e. The van der Waals surface area contributed by atoms with Gasteiger partial charge in [-0.25, -0.2) is 14.6 Å². The fraction of sp³-hybridized carbons (Fsp3) is 0.150. The molecule has 4 aromatic rings. The van der Waals surface area contributed by atoms with Gasteiger partial charge in [-0.3, -0.25) is 9.59 Å². The van der Waals surface area contributed by atoms with Gasteiger partial charge in [-0.2, -0.15) is 5.10 Å². The number of halogens is 1. The van der Waals surface area contributed by atoms with Crippen LogP contribution in [-0.4, -0.2) is 31.0 Å². The van der Waals surface area contributed by atoms with Crippen molar-refractivity contribution in [1.29, 1.82) is 0 Å². The summed E-state index contributed by atoms with van der Waals surface area (Å²) < 4.78 is 1.73. The highest BCUT2D eigenvalue weighted by molar-refractivity contribution is 6.33. The van der Waals surface area contributed by atoms with Crippen LogP contribution in [0.1, 0.15) is 33.0 Å². The quantitative estimate of drug-likeness (QED) is 0.537. The molecule has 4 rings (SSSR count). The number of benzene rings is 1. The summed E-state index contributed by atoms with van der Waals surface area (Å²) in [6.45, 7) is 3.95. The second-order valence-electron chi connectivity index (χ2n) is 6.56. The maximum atomic E-state index is 12.3. The summed E-state index contributed by atoms with van der Waals surface area (Å²) >= 11 is 5.99. The Morgan fingerprint density at radius 2 is 2.07 bits per heavy atom. The molecule has 0 spiro atoms. The van der Waals surface area contributed by atoms with Crippen molar-refractivity contribution in [2.45, 2.75) is 20.3 Å². The molecule has 0 atom stereocenters. The van der Waals surface area contributed by atoms with E-state index in [0.717, 1.165) is 16.8 Å². The lowest BCUT2D eigenvalue weighted by Crippen LogP contribution is -2.13. The molecular formula is C20H16ClN5O2. The number of nitrogens with one attached hydrogen (secondary N) is 1. The van der Waals surface area contributed by atoms with E-state index in [1.54, 1.807) is 10.9 Å². The van der Waals surface area contributed by atoms with E-state index >= 15 is 0 Å². The monoisotopic (exact) mass is 393 g/mol. The van der Waals surface area contributed by atoms with Crippen LogP contribution in [0.25, 0.3) is 16.7 Å². The maximum absolute atomic E-state index is 12.3.